The molecule has 1 rings (SSSR count). The minimum Gasteiger partial charge on any atom is -0.366 e. The van der Waals surface area contributed by atoms with E-state index in [9.17, 15) is 4.79 Å². The molecule has 0 saturated carbocycles. The third kappa shape index (κ3) is 5.55. The van der Waals surface area contributed by atoms with E-state index in [0.717, 1.165) is 18.4 Å². The first-order valence-electron chi connectivity index (χ1n) is 7.03. The summed E-state index contributed by atoms with van der Waals surface area (Å²) in [6.07, 6.45) is 4.23. The van der Waals surface area contributed by atoms with E-state index in [4.69, 9.17) is 11.5 Å². The topological polar surface area (TPSA) is 81.1 Å². The van der Waals surface area contributed by atoms with E-state index in [1.54, 1.807) is 0 Å². The smallest absolute Gasteiger partial charge is 0.244 e. The number of carbonyl (C=O) groups is 1. The van der Waals surface area contributed by atoms with E-state index >= 15 is 0 Å². The summed E-state index contributed by atoms with van der Waals surface area (Å²) in [5.41, 5.74) is 13.7. The maximum absolute atomic E-state index is 11.4. The molecular weight excluding hydrogens is 250 g/mol. The van der Waals surface area contributed by atoms with Gasteiger partial charge < -0.3 is 16.8 Å². The van der Waals surface area contributed by atoms with Gasteiger partial charge in [-0.1, -0.05) is 24.3 Å². The number of nitrogens with one attached hydrogen (secondary N) is 1. The SMILES string of the molecule is CNC(C)Cc1ccc(C=C(CCCN)C(N)=O)cc1. The summed E-state index contributed by atoms with van der Waals surface area (Å²) in [6, 6.07) is 8.65. The van der Waals surface area contributed by atoms with E-state index < -0.39 is 0 Å². The van der Waals surface area contributed by atoms with Crippen molar-refractivity contribution in [2.45, 2.75) is 32.2 Å². The highest BCUT2D eigenvalue weighted by atomic mass is 16.1. The lowest BCUT2D eigenvalue weighted by Gasteiger charge is -2.10. The van der Waals surface area contributed by atoms with Gasteiger partial charge in [0, 0.05) is 11.6 Å². The molecule has 20 heavy (non-hydrogen) atoms. The fraction of sp³-hybridized carbons (Fsp3) is 0.438. The summed E-state index contributed by atoms with van der Waals surface area (Å²) < 4.78 is 0. The molecule has 0 spiro atoms. The molecule has 4 nitrogen and oxygen atoms in total. The minimum absolute atomic E-state index is 0.369. The van der Waals surface area contributed by atoms with Crippen molar-refractivity contribution in [3.8, 4) is 0 Å². The van der Waals surface area contributed by atoms with Crippen molar-refractivity contribution in [1.82, 2.24) is 5.32 Å². The molecule has 0 heterocycles. The second-order valence-electron chi connectivity index (χ2n) is 5.06. The van der Waals surface area contributed by atoms with Crippen molar-refractivity contribution in [3.05, 3.63) is 41.0 Å². The molecule has 5 N–H and O–H groups in total. The van der Waals surface area contributed by atoms with Gasteiger partial charge in [-0.05, 0) is 57.0 Å². The highest BCUT2D eigenvalue weighted by Crippen LogP contribution is 2.13. The van der Waals surface area contributed by atoms with Gasteiger partial charge in [0.15, 0.2) is 0 Å². The van der Waals surface area contributed by atoms with Crippen LogP contribution in [0.5, 0.6) is 0 Å². The lowest BCUT2D eigenvalue weighted by Crippen LogP contribution is -2.23. The van der Waals surface area contributed by atoms with Gasteiger partial charge in [0.1, 0.15) is 0 Å². The van der Waals surface area contributed by atoms with Crippen LogP contribution in [0.15, 0.2) is 29.8 Å². The molecule has 0 aromatic heterocycles. The molecule has 0 aliphatic carbocycles. The fourth-order valence-corrected chi connectivity index (χ4v) is 1.97. The van der Waals surface area contributed by atoms with Crippen LogP contribution in [0.2, 0.25) is 0 Å². The number of rotatable bonds is 8. The Morgan fingerprint density at radius 2 is 2.00 bits per heavy atom. The average molecular weight is 275 g/mol. The summed E-state index contributed by atoms with van der Waals surface area (Å²) in [5, 5.41) is 3.21. The molecule has 0 saturated heterocycles. The van der Waals surface area contributed by atoms with Gasteiger partial charge in [0.25, 0.3) is 0 Å². The molecule has 0 aliphatic rings. The molecule has 0 aliphatic heterocycles. The van der Waals surface area contributed by atoms with E-state index in [1.807, 2.05) is 25.3 Å². The van der Waals surface area contributed by atoms with Crippen LogP contribution in [0.4, 0.5) is 0 Å². The Hall–Kier alpha value is -1.65. The van der Waals surface area contributed by atoms with Crippen LogP contribution in [0.1, 0.15) is 30.9 Å². The summed E-state index contributed by atoms with van der Waals surface area (Å²) in [6.45, 7) is 2.71. The van der Waals surface area contributed by atoms with E-state index in [0.29, 0.717) is 24.6 Å². The third-order valence-electron chi connectivity index (χ3n) is 3.32. The second-order valence-corrected chi connectivity index (χ2v) is 5.06. The summed E-state index contributed by atoms with van der Waals surface area (Å²) in [4.78, 5) is 11.4. The van der Waals surface area contributed by atoms with Crippen LogP contribution in [0.3, 0.4) is 0 Å². The van der Waals surface area contributed by atoms with Gasteiger partial charge in [0.05, 0.1) is 0 Å². The number of hydrogen-bond donors (Lipinski definition) is 3. The van der Waals surface area contributed by atoms with Gasteiger partial charge in [-0.15, -0.1) is 0 Å². The molecule has 1 aromatic rings. The molecule has 0 fully saturated rings. The first-order chi connectivity index (χ1) is 9.56. The number of amides is 1. The van der Waals surface area contributed by atoms with Gasteiger partial charge in [-0.2, -0.15) is 0 Å². The lowest BCUT2D eigenvalue weighted by atomic mass is 10.0. The third-order valence-corrected chi connectivity index (χ3v) is 3.32. The van der Waals surface area contributed by atoms with Crippen molar-refractivity contribution < 1.29 is 4.79 Å². The lowest BCUT2D eigenvalue weighted by molar-refractivity contribution is -0.114. The zero-order valence-corrected chi connectivity index (χ0v) is 12.4. The zero-order valence-electron chi connectivity index (χ0n) is 12.4. The number of benzene rings is 1. The Balaban J connectivity index is 2.78. The van der Waals surface area contributed by atoms with Crippen molar-refractivity contribution in [2.24, 2.45) is 11.5 Å². The summed E-state index contributed by atoms with van der Waals surface area (Å²) in [7, 11) is 1.96. The first-order valence-corrected chi connectivity index (χ1v) is 7.03. The Kier molecular flexibility index (Phi) is 6.98. The predicted molar refractivity (Wildman–Crippen MR) is 84.1 cm³/mol. The average Bonchev–Trinajstić information content (AvgIpc) is 2.44. The quantitative estimate of drug-likeness (QED) is 0.628. The Labute approximate surface area is 121 Å². The van der Waals surface area contributed by atoms with E-state index in [1.165, 1.54) is 5.56 Å². The van der Waals surface area contributed by atoms with Crippen LogP contribution in [0.25, 0.3) is 6.08 Å². The predicted octanol–water partition coefficient (Wildman–Crippen LogP) is 1.44. The number of likely N-dealkylation sites (N-methyl/N-ethyl adjacent to an activating group) is 1. The fourth-order valence-electron chi connectivity index (χ4n) is 1.97. The number of nitrogens with two attached hydrogens (primary N) is 2. The first kappa shape index (κ1) is 16.4. The van der Waals surface area contributed by atoms with Gasteiger partial charge >= 0.3 is 0 Å². The molecule has 1 aromatic carbocycles. The number of primary amides is 1. The second kappa shape index (κ2) is 8.51. The molecule has 1 unspecified atom stereocenters. The molecule has 1 amide bonds. The maximum Gasteiger partial charge on any atom is 0.244 e. The van der Waals surface area contributed by atoms with E-state index in [2.05, 4.69) is 24.4 Å². The van der Waals surface area contributed by atoms with Crippen molar-refractivity contribution in [1.29, 1.82) is 0 Å². The van der Waals surface area contributed by atoms with Crippen LogP contribution >= 0.6 is 0 Å². The monoisotopic (exact) mass is 275 g/mol. The highest BCUT2D eigenvalue weighted by molar-refractivity contribution is 5.96. The largest absolute Gasteiger partial charge is 0.366 e. The Morgan fingerprint density at radius 3 is 2.50 bits per heavy atom. The van der Waals surface area contributed by atoms with Gasteiger partial charge in [-0.3, -0.25) is 4.79 Å². The van der Waals surface area contributed by atoms with Crippen LogP contribution in [-0.2, 0) is 11.2 Å². The number of carbonyl (C=O) groups excluding carboxylic acids is 1. The Morgan fingerprint density at radius 1 is 1.35 bits per heavy atom. The summed E-state index contributed by atoms with van der Waals surface area (Å²) in [5.74, 6) is -0.369. The molecule has 0 radical (unpaired) electrons. The Bertz CT molecular complexity index is 451. The van der Waals surface area contributed by atoms with Crippen molar-refractivity contribution >= 4 is 12.0 Å². The number of hydrogen-bond acceptors (Lipinski definition) is 3. The van der Waals surface area contributed by atoms with Crippen LogP contribution < -0.4 is 16.8 Å². The molecule has 0 bridgehead atoms. The van der Waals surface area contributed by atoms with Crippen molar-refractivity contribution in [3.63, 3.8) is 0 Å². The van der Waals surface area contributed by atoms with E-state index in [-0.39, 0.29) is 5.91 Å². The van der Waals surface area contributed by atoms with Crippen LogP contribution in [0, 0.1) is 0 Å². The standard InChI is InChI=1S/C16H25N3O/c1-12(19-2)10-13-5-7-14(8-6-13)11-15(16(18)20)4-3-9-17/h5-8,11-12,19H,3-4,9-10,17H2,1-2H3,(H2,18,20). The highest BCUT2D eigenvalue weighted by Gasteiger charge is 2.05. The summed E-state index contributed by atoms with van der Waals surface area (Å²) >= 11 is 0. The maximum atomic E-state index is 11.4. The molecule has 1 atom stereocenters. The minimum atomic E-state index is -0.369. The van der Waals surface area contributed by atoms with Crippen molar-refractivity contribution in [2.75, 3.05) is 13.6 Å². The molecule has 4 heteroatoms. The normalized spacial score (nSPS) is 13.2. The van der Waals surface area contributed by atoms with Gasteiger partial charge in [-0.25, -0.2) is 0 Å². The van der Waals surface area contributed by atoms with Crippen LogP contribution in [-0.4, -0.2) is 25.5 Å². The van der Waals surface area contributed by atoms with Gasteiger partial charge in [0.2, 0.25) is 5.91 Å². The molecule has 110 valence electrons. The molecular formula is C16H25N3O. The zero-order chi connectivity index (χ0) is 15.0.